The van der Waals surface area contributed by atoms with Crippen LogP contribution < -0.4 is 18.9 Å². The zero-order valence-electron chi connectivity index (χ0n) is 58.0. The van der Waals surface area contributed by atoms with E-state index in [1.54, 1.807) is 0 Å². The van der Waals surface area contributed by atoms with Gasteiger partial charge in [-0.15, -0.1) is 0 Å². The van der Waals surface area contributed by atoms with Crippen molar-refractivity contribution in [3.8, 4) is 45.3 Å². The van der Waals surface area contributed by atoms with Gasteiger partial charge in [-0.3, -0.25) is 0 Å². The second-order valence-electron chi connectivity index (χ2n) is 25.7. The van der Waals surface area contributed by atoms with Gasteiger partial charge in [0.05, 0.1) is 86.7 Å². The number of para-hydroxylation sites is 1. The number of ether oxygens (including phenoxy) is 8. The van der Waals surface area contributed by atoms with Crippen LogP contribution in [-0.4, -0.2) is 99.2 Å². The predicted molar refractivity (Wildman–Crippen MR) is 389 cm³/mol. The number of hydrogen-bond donors (Lipinski definition) is 2. The standard InChI is InChI=1S/C82H106N4O8/c1-9-13-17-21-29-63-57(5)79-77-61-39-41-62(42-40-61)91-51-47-87-43-44-88-48-52-92-74-37-27-35-68-67(74)34-28-38-75(68)93-53-49-89-45-46-90-50-54-94-76-36-26-25-33-69(76)78(81-59(7)65(31-23-19-15-11-3)72(85-81)55-70(63)83-79)82-60(8)66(32-24-20-16-12-4)73(86-82)56-71-64(30-22-18-14-10-2)58(6)80(77)84-71/h25-28,33-42,55-56,83,86H,9-24,29-32,43-54H2,1-8H3. The Morgan fingerprint density at radius 2 is 0.766 bits per heavy atom. The summed E-state index contributed by atoms with van der Waals surface area (Å²) < 4.78 is 50.0. The predicted octanol–water partition coefficient (Wildman–Crippen LogP) is 20.8. The highest BCUT2D eigenvalue weighted by molar-refractivity contribution is 6.04. The lowest BCUT2D eigenvalue weighted by Gasteiger charge is -2.15. The highest BCUT2D eigenvalue weighted by atomic mass is 16.6. The van der Waals surface area contributed by atoms with Gasteiger partial charge in [0, 0.05) is 38.5 Å². The summed E-state index contributed by atoms with van der Waals surface area (Å²) in [5.41, 5.74) is 23.0. The van der Waals surface area contributed by atoms with E-state index in [-0.39, 0.29) is 0 Å². The van der Waals surface area contributed by atoms with Crippen LogP contribution >= 0.6 is 0 Å². The molecule has 5 aliphatic heterocycles. The number of nitrogens with zero attached hydrogens (tertiary/aromatic N) is 2. The molecule has 0 amide bonds. The van der Waals surface area contributed by atoms with Crippen LogP contribution in [0.25, 0.3) is 77.4 Å². The molecule has 0 spiro atoms. The first kappa shape index (κ1) is 69.6. The molecular formula is C82H106N4O8. The molecule has 12 nitrogen and oxygen atoms in total. The topological polar surface area (TPSA) is 131 Å². The smallest absolute Gasteiger partial charge is 0.127 e. The van der Waals surface area contributed by atoms with E-state index in [9.17, 15) is 0 Å². The molecule has 0 saturated heterocycles. The number of benzene rings is 4. The number of aromatic amines is 2. The minimum absolute atomic E-state index is 0.362. The second-order valence-corrected chi connectivity index (χ2v) is 25.7. The maximum atomic E-state index is 6.89. The Balaban J connectivity index is 1.15. The maximum Gasteiger partial charge on any atom is 0.127 e. The molecule has 502 valence electrons. The zero-order chi connectivity index (χ0) is 65.4. The molecular weight excluding hydrogens is 1170 g/mol. The van der Waals surface area contributed by atoms with E-state index in [0.717, 1.165) is 152 Å². The molecule has 2 N–H and O–H groups in total. The largest absolute Gasteiger partial charge is 0.491 e. The molecule has 12 rings (SSSR count). The van der Waals surface area contributed by atoms with Gasteiger partial charge in [0.1, 0.15) is 49.4 Å². The van der Waals surface area contributed by atoms with Gasteiger partial charge in [0.25, 0.3) is 0 Å². The van der Waals surface area contributed by atoms with Crippen LogP contribution in [0.5, 0.6) is 23.0 Å². The van der Waals surface area contributed by atoms with E-state index in [0.29, 0.717) is 79.3 Å². The highest BCUT2D eigenvalue weighted by Crippen LogP contribution is 2.46. The van der Waals surface area contributed by atoms with Gasteiger partial charge in [0.2, 0.25) is 0 Å². The number of H-pyrrole nitrogens is 2. The molecule has 12 heteroatoms. The molecule has 5 aliphatic rings. The Hall–Kier alpha value is -7.22. The monoisotopic (exact) mass is 1270 g/mol. The lowest BCUT2D eigenvalue weighted by Crippen LogP contribution is -2.14. The van der Waals surface area contributed by atoms with Crippen LogP contribution in [0.3, 0.4) is 0 Å². The van der Waals surface area contributed by atoms with Crippen LogP contribution in [-0.2, 0) is 31.8 Å². The third-order valence-electron chi connectivity index (χ3n) is 19.0. The van der Waals surface area contributed by atoms with Gasteiger partial charge in [0.15, 0.2) is 0 Å². The fraction of sp³-hybridized carbons (Fsp3) is 0.488. The molecule has 8 heterocycles. The highest BCUT2D eigenvalue weighted by Gasteiger charge is 2.28. The Kier molecular flexibility index (Phi) is 26.7. The fourth-order valence-corrected chi connectivity index (χ4v) is 13.8. The number of fused-ring (bicyclic) bond motifs is 1. The first-order valence-corrected chi connectivity index (χ1v) is 36.0. The molecule has 0 saturated carbocycles. The van der Waals surface area contributed by atoms with Crippen molar-refractivity contribution < 1.29 is 37.9 Å². The Labute approximate surface area is 560 Å². The first-order valence-electron chi connectivity index (χ1n) is 36.0. The number of rotatable bonds is 20. The van der Waals surface area contributed by atoms with Crippen LogP contribution in [0.1, 0.15) is 202 Å². The summed E-state index contributed by atoms with van der Waals surface area (Å²) in [7, 11) is 0. The fourth-order valence-electron chi connectivity index (χ4n) is 13.8. The SMILES string of the molecule is CCCCCCC1=C(C)c2nc1cc1[nH]c(c(C)c1CCCCCC)c1c3nc(cc4[nH]c(c(C)c4CCCCCC)c2-c2ccc(cc2)OCCOCCOCCOc2cccc4c(cccc24)OCCOCCOCCOc2ccccc2-1)C(CCCCCC)=C3C. The first-order chi connectivity index (χ1) is 46.2. The Bertz CT molecular complexity index is 3840. The van der Waals surface area contributed by atoms with E-state index in [1.807, 2.05) is 24.3 Å². The van der Waals surface area contributed by atoms with Crippen LogP contribution in [0.4, 0.5) is 0 Å². The van der Waals surface area contributed by atoms with E-state index < -0.39 is 0 Å². The number of aromatic nitrogens is 4. The molecule has 4 aromatic carbocycles. The van der Waals surface area contributed by atoms with E-state index in [4.69, 9.17) is 47.9 Å². The number of allylic oxidation sites excluding steroid dienone is 4. The number of aryl methyl sites for hydroxylation is 4. The van der Waals surface area contributed by atoms with E-state index >= 15 is 0 Å². The van der Waals surface area contributed by atoms with Crippen molar-refractivity contribution in [3.63, 3.8) is 0 Å². The van der Waals surface area contributed by atoms with Gasteiger partial charge in [-0.25, -0.2) is 9.97 Å². The van der Waals surface area contributed by atoms with Crippen LogP contribution in [0.2, 0.25) is 0 Å². The quantitative estimate of drug-likeness (QED) is 0.0711. The van der Waals surface area contributed by atoms with Gasteiger partial charge in [-0.2, -0.15) is 0 Å². The second kappa shape index (κ2) is 36.0. The summed E-state index contributed by atoms with van der Waals surface area (Å²) >= 11 is 0. The molecule has 0 unspecified atom stereocenters. The third kappa shape index (κ3) is 17.6. The van der Waals surface area contributed by atoms with Crippen molar-refractivity contribution in [2.75, 3.05) is 79.3 Å². The van der Waals surface area contributed by atoms with Crippen LogP contribution in [0.15, 0.2) is 97.1 Å². The Morgan fingerprint density at radius 1 is 0.372 bits per heavy atom. The summed E-state index contributed by atoms with van der Waals surface area (Å²) in [6.45, 7) is 23.5. The number of unbranched alkanes of at least 4 members (excludes halogenated alkanes) is 12. The van der Waals surface area contributed by atoms with Crippen molar-refractivity contribution in [2.45, 2.75) is 184 Å². The van der Waals surface area contributed by atoms with Crippen molar-refractivity contribution in [1.29, 1.82) is 0 Å². The summed E-state index contributed by atoms with van der Waals surface area (Å²) in [6, 6.07) is 34.1. The molecule has 0 atom stereocenters. The number of nitrogens with one attached hydrogen (secondary N) is 2. The average Bonchev–Trinajstić information content (AvgIpc) is 1.59. The summed E-state index contributed by atoms with van der Waals surface area (Å²) in [5.74, 6) is 3.14. The van der Waals surface area contributed by atoms with Gasteiger partial charge in [-0.1, -0.05) is 159 Å². The minimum atomic E-state index is 0.362. The minimum Gasteiger partial charge on any atom is -0.491 e. The summed E-state index contributed by atoms with van der Waals surface area (Å²) in [6.07, 6.45) is 22.3. The van der Waals surface area contributed by atoms with Gasteiger partial charge >= 0.3 is 0 Å². The number of hydrogen-bond acceptors (Lipinski definition) is 10. The molecule has 0 fully saturated rings. The van der Waals surface area contributed by atoms with Crippen molar-refractivity contribution >= 4 is 55.1 Å². The normalized spacial score (nSPS) is 15.0. The molecule has 94 heavy (non-hydrogen) atoms. The van der Waals surface area contributed by atoms with Gasteiger partial charge < -0.3 is 47.9 Å². The maximum absolute atomic E-state index is 6.89. The van der Waals surface area contributed by atoms with Gasteiger partial charge in [-0.05, 0) is 172 Å². The molecule has 0 aliphatic carbocycles. The van der Waals surface area contributed by atoms with E-state index in [1.165, 1.54) is 122 Å². The van der Waals surface area contributed by atoms with Crippen molar-refractivity contribution in [3.05, 3.63) is 142 Å². The summed E-state index contributed by atoms with van der Waals surface area (Å²) in [4.78, 5) is 20.3. The lowest BCUT2D eigenvalue weighted by atomic mass is 9.93. The zero-order valence-corrected chi connectivity index (χ0v) is 58.0. The van der Waals surface area contributed by atoms with Crippen molar-refractivity contribution in [2.24, 2.45) is 0 Å². The molecule has 3 aromatic heterocycles. The lowest BCUT2D eigenvalue weighted by molar-refractivity contribution is 0.0274. The van der Waals surface area contributed by atoms with Crippen LogP contribution in [0, 0.1) is 13.8 Å². The Morgan fingerprint density at radius 3 is 1.23 bits per heavy atom. The molecule has 7 aromatic rings. The van der Waals surface area contributed by atoms with E-state index in [2.05, 4.69) is 138 Å². The average molecular weight is 1280 g/mol. The molecule has 16 bridgehead atoms. The van der Waals surface area contributed by atoms with Crippen molar-refractivity contribution in [1.82, 2.24) is 19.9 Å². The summed E-state index contributed by atoms with van der Waals surface area (Å²) in [5, 5.41) is 1.96. The third-order valence-corrected chi connectivity index (χ3v) is 19.0. The molecule has 0 radical (unpaired) electrons.